The van der Waals surface area contributed by atoms with Crippen molar-refractivity contribution in [3.8, 4) is 0 Å². The minimum atomic E-state index is -0.644. The Morgan fingerprint density at radius 2 is 2.00 bits per heavy atom. The molecule has 0 atom stereocenters. The van der Waals surface area contributed by atoms with Crippen molar-refractivity contribution in [2.75, 3.05) is 23.8 Å². The minimum Gasteiger partial charge on any atom is -0.444 e. The van der Waals surface area contributed by atoms with E-state index in [2.05, 4.69) is 10.6 Å². The summed E-state index contributed by atoms with van der Waals surface area (Å²) in [5.41, 5.74) is 0.115. The molecule has 140 valence electrons. The maximum atomic E-state index is 12.2. The SMILES string of the molecule is CC(C)(C)OC(=O)Nc1ccc(Cl)c(NC2=CC(=O)N(CCO)C2=O)c1. The summed E-state index contributed by atoms with van der Waals surface area (Å²) < 4.78 is 5.17. The van der Waals surface area contributed by atoms with Crippen molar-refractivity contribution in [2.45, 2.75) is 26.4 Å². The molecular weight excluding hydrogens is 362 g/mol. The number of β-amino-alcohol motifs (C(OH)–C–C–N with tert-alkyl or cyclic N) is 1. The number of aliphatic hydroxyl groups excluding tert-OH is 1. The van der Waals surface area contributed by atoms with Gasteiger partial charge in [-0.3, -0.25) is 19.8 Å². The molecule has 1 aliphatic heterocycles. The van der Waals surface area contributed by atoms with Crippen molar-refractivity contribution in [1.82, 2.24) is 4.90 Å². The summed E-state index contributed by atoms with van der Waals surface area (Å²) in [6.45, 7) is 4.82. The lowest BCUT2D eigenvalue weighted by Crippen LogP contribution is -2.34. The molecule has 1 aliphatic rings. The number of carbonyl (C=O) groups excluding carboxylic acids is 3. The first-order valence-corrected chi connectivity index (χ1v) is 8.23. The smallest absolute Gasteiger partial charge is 0.412 e. The van der Waals surface area contributed by atoms with E-state index in [-0.39, 0.29) is 18.8 Å². The topological polar surface area (TPSA) is 108 Å². The van der Waals surface area contributed by atoms with Crippen molar-refractivity contribution in [3.05, 3.63) is 35.0 Å². The van der Waals surface area contributed by atoms with Crippen LogP contribution in [0.2, 0.25) is 5.02 Å². The number of nitrogens with one attached hydrogen (secondary N) is 2. The standard InChI is InChI=1S/C17H20ClN3O5/c1-17(2,3)26-16(25)19-10-4-5-11(18)12(8-10)20-13-9-14(23)21(6-7-22)15(13)24/h4-5,8-9,20,22H,6-7H2,1-3H3,(H,19,25). The number of rotatable bonds is 5. The van der Waals surface area contributed by atoms with Crippen LogP contribution in [-0.2, 0) is 14.3 Å². The van der Waals surface area contributed by atoms with E-state index >= 15 is 0 Å². The van der Waals surface area contributed by atoms with E-state index in [0.717, 1.165) is 11.0 Å². The van der Waals surface area contributed by atoms with Crippen molar-refractivity contribution >= 4 is 40.9 Å². The normalized spacial score (nSPS) is 14.3. The van der Waals surface area contributed by atoms with Crippen LogP contribution in [0.1, 0.15) is 20.8 Å². The maximum absolute atomic E-state index is 12.2. The van der Waals surface area contributed by atoms with Crippen LogP contribution in [0.15, 0.2) is 30.0 Å². The average Bonchev–Trinajstić information content (AvgIpc) is 2.77. The Kier molecular flexibility index (Phi) is 5.89. The molecule has 0 aliphatic carbocycles. The van der Waals surface area contributed by atoms with Gasteiger partial charge in [0.15, 0.2) is 0 Å². The number of benzene rings is 1. The number of carbonyl (C=O) groups is 3. The maximum Gasteiger partial charge on any atom is 0.412 e. The van der Waals surface area contributed by atoms with E-state index in [1.54, 1.807) is 26.8 Å². The van der Waals surface area contributed by atoms with E-state index in [0.29, 0.717) is 16.4 Å². The highest BCUT2D eigenvalue weighted by atomic mass is 35.5. The Labute approximate surface area is 155 Å². The van der Waals surface area contributed by atoms with Gasteiger partial charge in [-0.05, 0) is 39.0 Å². The van der Waals surface area contributed by atoms with E-state index in [1.165, 1.54) is 12.1 Å². The number of hydrogen-bond acceptors (Lipinski definition) is 6. The number of hydrogen-bond donors (Lipinski definition) is 3. The van der Waals surface area contributed by atoms with Gasteiger partial charge < -0.3 is 15.2 Å². The minimum absolute atomic E-state index is 0.0276. The van der Waals surface area contributed by atoms with Crippen LogP contribution < -0.4 is 10.6 Å². The molecule has 1 heterocycles. The van der Waals surface area contributed by atoms with Gasteiger partial charge >= 0.3 is 6.09 Å². The van der Waals surface area contributed by atoms with E-state index in [1.807, 2.05) is 0 Å². The second-order valence-electron chi connectivity index (χ2n) is 6.52. The predicted octanol–water partition coefficient (Wildman–Crippen LogP) is 2.34. The molecular formula is C17H20ClN3O5. The average molecular weight is 382 g/mol. The van der Waals surface area contributed by atoms with Gasteiger partial charge in [-0.25, -0.2) is 4.79 Å². The monoisotopic (exact) mass is 381 g/mol. The summed E-state index contributed by atoms with van der Waals surface area (Å²) in [7, 11) is 0. The Bertz CT molecular complexity index is 770. The van der Waals surface area contributed by atoms with E-state index in [4.69, 9.17) is 21.4 Å². The van der Waals surface area contributed by atoms with Gasteiger partial charge in [0.05, 0.1) is 23.9 Å². The fraction of sp³-hybridized carbons (Fsp3) is 0.353. The van der Waals surface area contributed by atoms with Crippen molar-refractivity contribution < 1.29 is 24.2 Å². The van der Waals surface area contributed by atoms with Crippen LogP contribution in [0.25, 0.3) is 0 Å². The quantitative estimate of drug-likeness (QED) is 0.676. The van der Waals surface area contributed by atoms with Crippen LogP contribution in [0.5, 0.6) is 0 Å². The number of amides is 3. The van der Waals surface area contributed by atoms with Crippen LogP contribution in [0.3, 0.4) is 0 Å². The summed E-state index contributed by atoms with van der Waals surface area (Å²) >= 11 is 6.12. The third-order valence-electron chi connectivity index (χ3n) is 3.21. The highest BCUT2D eigenvalue weighted by molar-refractivity contribution is 6.33. The molecule has 0 radical (unpaired) electrons. The number of halogens is 1. The summed E-state index contributed by atoms with van der Waals surface area (Å²) in [5, 5.41) is 14.6. The summed E-state index contributed by atoms with van der Waals surface area (Å²) in [6, 6.07) is 4.62. The molecule has 0 aromatic heterocycles. The molecule has 9 heteroatoms. The highest BCUT2D eigenvalue weighted by Crippen LogP contribution is 2.28. The molecule has 1 aromatic rings. The largest absolute Gasteiger partial charge is 0.444 e. The molecule has 0 saturated heterocycles. The molecule has 0 fully saturated rings. The van der Waals surface area contributed by atoms with Crippen molar-refractivity contribution in [3.63, 3.8) is 0 Å². The lowest BCUT2D eigenvalue weighted by molar-refractivity contribution is -0.137. The molecule has 1 aromatic carbocycles. The Morgan fingerprint density at radius 1 is 1.31 bits per heavy atom. The van der Waals surface area contributed by atoms with Gasteiger partial charge in [-0.2, -0.15) is 0 Å². The van der Waals surface area contributed by atoms with Gasteiger partial charge in [0.1, 0.15) is 11.3 Å². The van der Waals surface area contributed by atoms with Crippen molar-refractivity contribution in [1.29, 1.82) is 0 Å². The zero-order valence-electron chi connectivity index (χ0n) is 14.6. The van der Waals surface area contributed by atoms with Gasteiger partial charge in [-0.15, -0.1) is 0 Å². The first-order chi connectivity index (χ1) is 12.1. The fourth-order valence-corrected chi connectivity index (χ4v) is 2.34. The number of anilines is 2. The third kappa shape index (κ3) is 4.96. The number of nitrogens with zero attached hydrogens (tertiary/aromatic N) is 1. The number of aliphatic hydroxyl groups is 1. The fourth-order valence-electron chi connectivity index (χ4n) is 2.18. The van der Waals surface area contributed by atoms with Gasteiger partial charge in [-0.1, -0.05) is 11.6 Å². The van der Waals surface area contributed by atoms with E-state index < -0.39 is 23.5 Å². The van der Waals surface area contributed by atoms with Crippen LogP contribution in [0, 0.1) is 0 Å². The van der Waals surface area contributed by atoms with Crippen LogP contribution >= 0.6 is 11.6 Å². The third-order valence-corrected chi connectivity index (χ3v) is 3.54. The summed E-state index contributed by atoms with van der Waals surface area (Å²) in [4.78, 5) is 36.7. The molecule has 8 nitrogen and oxygen atoms in total. The lowest BCUT2D eigenvalue weighted by Gasteiger charge is -2.20. The molecule has 0 bridgehead atoms. The van der Waals surface area contributed by atoms with Gasteiger partial charge in [0.2, 0.25) is 0 Å². The second-order valence-corrected chi connectivity index (χ2v) is 6.93. The first kappa shape index (κ1) is 19.7. The number of imide groups is 1. The number of ether oxygens (including phenoxy) is 1. The molecule has 3 amide bonds. The Morgan fingerprint density at radius 3 is 2.62 bits per heavy atom. The van der Waals surface area contributed by atoms with Crippen LogP contribution in [-0.4, -0.2) is 46.7 Å². The molecule has 0 unspecified atom stereocenters. The molecule has 2 rings (SSSR count). The Hall–Kier alpha value is -2.58. The first-order valence-electron chi connectivity index (χ1n) is 7.85. The van der Waals surface area contributed by atoms with Crippen molar-refractivity contribution in [2.24, 2.45) is 0 Å². The van der Waals surface area contributed by atoms with Gasteiger partial charge in [0.25, 0.3) is 11.8 Å². The zero-order valence-corrected chi connectivity index (χ0v) is 15.4. The Balaban J connectivity index is 2.13. The molecule has 0 spiro atoms. The van der Waals surface area contributed by atoms with Gasteiger partial charge in [0, 0.05) is 11.8 Å². The molecule has 3 N–H and O–H groups in total. The highest BCUT2D eigenvalue weighted by Gasteiger charge is 2.31. The summed E-state index contributed by atoms with van der Waals surface area (Å²) in [6.07, 6.45) is 0.494. The van der Waals surface area contributed by atoms with E-state index in [9.17, 15) is 14.4 Å². The predicted molar refractivity (Wildman–Crippen MR) is 96.8 cm³/mol. The van der Waals surface area contributed by atoms with Crippen LogP contribution in [0.4, 0.5) is 16.2 Å². The molecule has 0 saturated carbocycles. The summed E-state index contributed by atoms with van der Waals surface area (Å²) in [5.74, 6) is -1.09. The second kappa shape index (κ2) is 7.76. The molecule has 26 heavy (non-hydrogen) atoms. The zero-order chi connectivity index (χ0) is 19.5. The lowest BCUT2D eigenvalue weighted by atomic mass is 10.2.